The fourth-order valence-electron chi connectivity index (χ4n) is 4.34. The van der Waals surface area contributed by atoms with Crippen molar-refractivity contribution in [1.29, 1.82) is 0 Å². The van der Waals surface area contributed by atoms with Crippen LogP contribution in [0.1, 0.15) is 34.8 Å². The lowest BCUT2D eigenvalue weighted by molar-refractivity contribution is 0.103. The molecule has 3 heterocycles. The van der Waals surface area contributed by atoms with E-state index in [0.29, 0.717) is 27.6 Å². The van der Waals surface area contributed by atoms with Gasteiger partial charge in [-0.2, -0.15) is 4.52 Å². The molecule has 166 valence electrons. The van der Waals surface area contributed by atoms with Gasteiger partial charge in [0.2, 0.25) is 10.8 Å². The molecule has 0 aliphatic carbocycles. The van der Waals surface area contributed by atoms with Crippen molar-refractivity contribution in [3.63, 3.8) is 0 Å². The third-order valence-corrected chi connectivity index (χ3v) is 7.10. The second-order valence-electron chi connectivity index (χ2n) is 8.09. The smallest absolute Gasteiger partial charge is 0.230 e. The van der Waals surface area contributed by atoms with Crippen molar-refractivity contribution in [3.8, 4) is 5.88 Å². The van der Waals surface area contributed by atoms with E-state index in [1.54, 1.807) is 6.07 Å². The van der Waals surface area contributed by atoms with Gasteiger partial charge in [-0.3, -0.25) is 9.80 Å². The van der Waals surface area contributed by atoms with Crippen LogP contribution in [-0.2, 0) is 13.0 Å². The summed E-state index contributed by atoms with van der Waals surface area (Å²) < 4.78 is 16.4. The minimum Gasteiger partial charge on any atom is -0.492 e. The molecule has 1 aliphatic rings. The Bertz CT molecular complexity index is 1200. The number of thiazole rings is 1. The summed E-state index contributed by atoms with van der Waals surface area (Å²) in [4.78, 5) is 10.5. The molecule has 0 radical (unpaired) electrons. The number of fused-ring (bicyclic) bond motifs is 1. The van der Waals surface area contributed by atoms with Crippen molar-refractivity contribution < 1.29 is 9.50 Å². The average molecular weight is 452 g/mol. The van der Waals surface area contributed by atoms with Crippen molar-refractivity contribution in [3.05, 3.63) is 82.2 Å². The fraction of sp³-hybridized carbons (Fsp3) is 0.333. The zero-order valence-corrected chi connectivity index (χ0v) is 18.8. The predicted molar refractivity (Wildman–Crippen MR) is 123 cm³/mol. The molecule has 0 bridgehead atoms. The summed E-state index contributed by atoms with van der Waals surface area (Å²) in [5, 5.41) is 15.4. The molecule has 4 aromatic rings. The Morgan fingerprint density at radius 3 is 2.44 bits per heavy atom. The van der Waals surface area contributed by atoms with Gasteiger partial charge in [-0.1, -0.05) is 66.8 Å². The third kappa shape index (κ3) is 4.01. The zero-order chi connectivity index (χ0) is 22.1. The molecule has 0 amide bonds. The molecule has 8 heteroatoms. The number of halogens is 1. The second kappa shape index (κ2) is 8.97. The first-order chi connectivity index (χ1) is 15.6. The Kier molecular flexibility index (Phi) is 5.91. The lowest BCUT2D eigenvalue weighted by atomic mass is 10.0. The van der Waals surface area contributed by atoms with Crippen LogP contribution in [0, 0.1) is 5.82 Å². The van der Waals surface area contributed by atoms with E-state index in [2.05, 4.69) is 44.1 Å². The van der Waals surface area contributed by atoms with Crippen molar-refractivity contribution >= 4 is 16.3 Å². The van der Waals surface area contributed by atoms with Gasteiger partial charge in [0.05, 0.1) is 10.9 Å². The van der Waals surface area contributed by atoms with Gasteiger partial charge in [0, 0.05) is 44.7 Å². The third-order valence-electron chi connectivity index (χ3n) is 6.03. The molecular weight excluding hydrogens is 425 g/mol. The van der Waals surface area contributed by atoms with Gasteiger partial charge in [-0.25, -0.2) is 9.37 Å². The highest BCUT2D eigenvalue weighted by Crippen LogP contribution is 2.41. The Morgan fingerprint density at radius 1 is 1.03 bits per heavy atom. The Hall–Kier alpha value is -2.81. The first kappa shape index (κ1) is 21.1. The molecule has 5 rings (SSSR count). The quantitative estimate of drug-likeness (QED) is 0.478. The van der Waals surface area contributed by atoms with Crippen LogP contribution in [0.4, 0.5) is 4.39 Å². The number of rotatable bonds is 6. The van der Waals surface area contributed by atoms with Crippen LogP contribution in [0.5, 0.6) is 5.88 Å². The number of benzene rings is 2. The maximum absolute atomic E-state index is 14.9. The van der Waals surface area contributed by atoms with Crippen LogP contribution in [0.15, 0.2) is 54.6 Å². The predicted octanol–water partition coefficient (Wildman–Crippen LogP) is 4.11. The van der Waals surface area contributed by atoms with Gasteiger partial charge in [0.25, 0.3) is 0 Å². The number of nitrogens with zero attached hydrogens (tertiary/aromatic N) is 5. The summed E-state index contributed by atoms with van der Waals surface area (Å²) in [5.41, 5.74) is 1.86. The van der Waals surface area contributed by atoms with E-state index in [0.717, 1.165) is 32.7 Å². The Morgan fingerprint density at radius 2 is 1.75 bits per heavy atom. The van der Waals surface area contributed by atoms with E-state index in [1.165, 1.54) is 27.5 Å². The van der Waals surface area contributed by atoms with Crippen LogP contribution in [0.3, 0.4) is 0 Å². The molecule has 32 heavy (non-hydrogen) atoms. The maximum atomic E-state index is 14.9. The summed E-state index contributed by atoms with van der Waals surface area (Å²) in [5.74, 6) is 0.476. The van der Waals surface area contributed by atoms with Crippen molar-refractivity contribution in [2.75, 3.05) is 26.2 Å². The van der Waals surface area contributed by atoms with E-state index >= 15 is 0 Å². The number of aromatic hydroxyl groups is 1. The maximum Gasteiger partial charge on any atom is 0.230 e. The van der Waals surface area contributed by atoms with E-state index < -0.39 is 0 Å². The van der Waals surface area contributed by atoms with Crippen molar-refractivity contribution in [2.24, 2.45) is 0 Å². The lowest BCUT2D eigenvalue weighted by Gasteiger charge is -2.39. The largest absolute Gasteiger partial charge is 0.492 e. The highest BCUT2D eigenvalue weighted by Gasteiger charge is 2.33. The summed E-state index contributed by atoms with van der Waals surface area (Å²) in [7, 11) is 0. The van der Waals surface area contributed by atoms with Gasteiger partial charge >= 0.3 is 0 Å². The molecule has 2 aromatic carbocycles. The first-order valence-electron chi connectivity index (χ1n) is 11.0. The lowest BCUT2D eigenvalue weighted by Crippen LogP contribution is -2.47. The SMILES string of the molecule is CCc1nc2sc(C(c3ccccc3F)N3CCN(Cc4ccccc4)CC3)c(O)n2n1. The van der Waals surface area contributed by atoms with Crippen LogP contribution in [0.2, 0.25) is 0 Å². The monoisotopic (exact) mass is 451 g/mol. The molecule has 0 spiro atoms. The van der Waals surface area contributed by atoms with Crippen molar-refractivity contribution in [1.82, 2.24) is 24.4 Å². The summed E-state index contributed by atoms with van der Waals surface area (Å²) in [6.45, 7) is 6.19. The minimum absolute atomic E-state index is 0.0529. The molecule has 0 saturated carbocycles. The van der Waals surface area contributed by atoms with Gasteiger partial charge in [0.15, 0.2) is 5.82 Å². The van der Waals surface area contributed by atoms with E-state index in [9.17, 15) is 9.50 Å². The van der Waals surface area contributed by atoms with E-state index in [-0.39, 0.29) is 17.7 Å². The Balaban J connectivity index is 1.44. The van der Waals surface area contributed by atoms with E-state index in [1.807, 2.05) is 25.1 Å². The molecular formula is C24H26FN5OS. The van der Waals surface area contributed by atoms with Crippen LogP contribution >= 0.6 is 11.3 Å². The number of aromatic nitrogens is 3. The van der Waals surface area contributed by atoms with Crippen LogP contribution < -0.4 is 0 Å². The molecule has 1 atom stereocenters. The van der Waals surface area contributed by atoms with Gasteiger partial charge in [-0.15, -0.1) is 5.10 Å². The molecule has 1 N–H and O–H groups in total. The molecule has 1 aliphatic heterocycles. The molecule has 2 aromatic heterocycles. The average Bonchev–Trinajstić information content (AvgIpc) is 3.36. The molecule has 1 unspecified atom stereocenters. The highest BCUT2D eigenvalue weighted by molar-refractivity contribution is 7.17. The van der Waals surface area contributed by atoms with E-state index in [4.69, 9.17) is 0 Å². The fourth-order valence-corrected chi connectivity index (χ4v) is 5.47. The molecule has 6 nitrogen and oxygen atoms in total. The Labute approximate surface area is 190 Å². The summed E-state index contributed by atoms with van der Waals surface area (Å²) >= 11 is 1.39. The highest BCUT2D eigenvalue weighted by atomic mass is 32.1. The number of piperazine rings is 1. The minimum atomic E-state index is -0.381. The number of hydrogen-bond acceptors (Lipinski definition) is 6. The van der Waals surface area contributed by atoms with Gasteiger partial charge in [-0.05, 0) is 11.6 Å². The first-order valence-corrected chi connectivity index (χ1v) is 11.8. The van der Waals surface area contributed by atoms with Gasteiger partial charge < -0.3 is 5.11 Å². The number of aryl methyl sites for hydroxylation is 1. The standard InChI is InChI=1S/C24H26FN5OS/c1-2-20-26-24-30(27-20)23(31)22(32-24)21(18-10-6-7-11-19(18)25)29-14-12-28(13-15-29)16-17-8-4-3-5-9-17/h3-11,21,31H,2,12-16H2,1H3. The van der Waals surface area contributed by atoms with Gasteiger partial charge in [0.1, 0.15) is 5.82 Å². The van der Waals surface area contributed by atoms with Crippen LogP contribution in [-0.4, -0.2) is 55.7 Å². The topological polar surface area (TPSA) is 56.9 Å². The molecule has 1 saturated heterocycles. The number of hydrogen-bond donors (Lipinski definition) is 1. The summed E-state index contributed by atoms with van der Waals surface area (Å²) in [6, 6.07) is 16.9. The summed E-state index contributed by atoms with van der Waals surface area (Å²) in [6.07, 6.45) is 0.698. The van der Waals surface area contributed by atoms with Crippen molar-refractivity contribution in [2.45, 2.75) is 25.9 Å². The zero-order valence-electron chi connectivity index (χ0n) is 18.0. The van der Waals surface area contributed by atoms with Crippen LogP contribution in [0.25, 0.3) is 4.96 Å². The normalized spacial score (nSPS) is 16.6. The second-order valence-corrected chi connectivity index (χ2v) is 9.10. The molecule has 1 fully saturated rings.